The van der Waals surface area contributed by atoms with Crippen LogP contribution in [0.3, 0.4) is 0 Å². The molecular weight excluding hydrogens is 525 g/mol. The number of nitrogens with one attached hydrogen (secondary N) is 1. The zero-order chi connectivity index (χ0) is 27.2. The Morgan fingerprint density at radius 1 is 1.18 bits per heavy atom. The van der Waals surface area contributed by atoms with Gasteiger partial charge in [0.25, 0.3) is 0 Å². The number of benzene rings is 1. The third-order valence-electron chi connectivity index (χ3n) is 7.19. The Balaban J connectivity index is 1.55. The number of methoxy groups -OCH3 is 1. The molecule has 4 aromatic rings. The number of aromatic amines is 1. The Bertz CT molecular complexity index is 1540. The molecule has 1 aliphatic rings. The van der Waals surface area contributed by atoms with Gasteiger partial charge in [0.05, 0.1) is 28.2 Å². The molecule has 4 heterocycles. The molecule has 0 amide bonds. The molecule has 0 radical (unpaired) electrons. The fraction of sp³-hybridized carbons (Fsp3) is 0.333. The summed E-state index contributed by atoms with van der Waals surface area (Å²) in [5.74, 6) is 1.65. The van der Waals surface area contributed by atoms with Gasteiger partial charge in [-0.1, -0.05) is 23.2 Å². The number of rotatable bonds is 7. The van der Waals surface area contributed by atoms with Crippen LogP contribution in [0.5, 0.6) is 11.5 Å². The minimum atomic E-state index is -0.487. The van der Waals surface area contributed by atoms with Crippen molar-refractivity contribution in [2.24, 2.45) is 0 Å². The molecule has 11 heteroatoms. The van der Waals surface area contributed by atoms with Crippen molar-refractivity contribution in [3.8, 4) is 28.8 Å². The number of nitrogens with zero attached hydrogens (tertiary/aromatic N) is 6. The Hall–Kier alpha value is -3.58. The van der Waals surface area contributed by atoms with Crippen LogP contribution in [0.15, 0.2) is 36.8 Å². The second-order valence-electron chi connectivity index (χ2n) is 9.81. The predicted molar refractivity (Wildman–Crippen MR) is 148 cm³/mol. The van der Waals surface area contributed by atoms with Crippen molar-refractivity contribution in [3.63, 3.8) is 0 Å². The molecule has 1 N–H and O–H groups in total. The van der Waals surface area contributed by atoms with Crippen LogP contribution in [-0.2, 0) is 0 Å². The van der Waals surface area contributed by atoms with E-state index in [4.69, 9.17) is 32.7 Å². The van der Waals surface area contributed by atoms with E-state index >= 15 is 0 Å². The fourth-order valence-corrected chi connectivity index (χ4v) is 5.42. The van der Waals surface area contributed by atoms with Gasteiger partial charge in [-0.15, -0.1) is 0 Å². The minimum absolute atomic E-state index is 0.0313. The molecule has 0 aliphatic carbocycles. The fourth-order valence-electron chi connectivity index (χ4n) is 4.75. The first-order chi connectivity index (χ1) is 18.2. The van der Waals surface area contributed by atoms with Gasteiger partial charge in [-0.25, -0.2) is 4.98 Å². The SMILES string of the molecule is COc1cc2[nH]nc(-c3ccnc(N4CC(C)(N(C)C)C4)c3C#N)c2cc1O[C@H](C)c1c(Cl)cncc1Cl. The van der Waals surface area contributed by atoms with Crippen molar-refractivity contribution in [3.05, 3.63) is 58.0 Å². The van der Waals surface area contributed by atoms with Gasteiger partial charge in [0.1, 0.15) is 29.2 Å². The Morgan fingerprint density at radius 2 is 1.89 bits per heavy atom. The first-order valence-electron chi connectivity index (χ1n) is 12.0. The summed E-state index contributed by atoms with van der Waals surface area (Å²) in [6.07, 6.45) is 4.29. The van der Waals surface area contributed by atoms with Crippen LogP contribution < -0.4 is 14.4 Å². The first-order valence-corrected chi connectivity index (χ1v) is 12.8. The van der Waals surface area contributed by atoms with E-state index in [1.165, 1.54) is 12.4 Å². The lowest BCUT2D eigenvalue weighted by molar-refractivity contribution is 0.132. The van der Waals surface area contributed by atoms with Crippen LogP contribution in [0.4, 0.5) is 5.82 Å². The van der Waals surface area contributed by atoms with E-state index in [1.807, 2.05) is 25.1 Å². The van der Waals surface area contributed by atoms with E-state index < -0.39 is 6.10 Å². The monoisotopic (exact) mass is 551 g/mol. The number of pyridine rings is 2. The van der Waals surface area contributed by atoms with E-state index in [9.17, 15) is 5.26 Å². The second kappa shape index (κ2) is 9.95. The smallest absolute Gasteiger partial charge is 0.162 e. The maximum atomic E-state index is 10.2. The molecule has 1 aliphatic heterocycles. The first kappa shape index (κ1) is 26.0. The van der Waals surface area contributed by atoms with Crippen LogP contribution in [0.1, 0.15) is 31.1 Å². The molecule has 0 spiro atoms. The Morgan fingerprint density at radius 3 is 2.53 bits per heavy atom. The molecule has 1 saturated heterocycles. The van der Waals surface area contributed by atoms with Gasteiger partial charge < -0.3 is 19.3 Å². The number of likely N-dealkylation sites (N-methyl/N-ethyl adjacent to an activating group) is 1. The maximum Gasteiger partial charge on any atom is 0.162 e. The van der Waals surface area contributed by atoms with Crippen LogP contribution in [0.2, 0.25) is 10.0 Å². The topological polar surface area (TPSA) is 103 Å². The number of fused-ring (bicyclic) bond motifs is 1. The van der Waals surface area contributed by atoms with Crippen molar-refractivity contribution in [1.82, 2.24) is 25.1 Å². The van der Waals surface area contributed by atoms with Crippen molar-refractivity contribution in [1.29, 1.82) is 5.26 Å². The number of H-pyrrole nitrogens is 1. The maximum absolute atomic E-state index is 10.2. The molecule has 0 saturated carbocycles. The molecule has 5 rings (SSSR count). The van der Waals surface area contributed by atoms with E-state index in [0.717, 1.165) is 24.0 Å². The third kappa shape index (κ3) is 4.39. The second-order valence-corrected chi connectivity index (χ2v) is 10.6. The number of nitriles is 1. The highest BCUT2D eigenvalue weighted by Crippen LogP contribution is 2.41. The van der Waals surface area contributed by atoms with E-state index in [0.29, 0.717) is 49.7 Å². The molecule has 38 heavy (non-hydrogen) atoms. The average Bonchev–Trinajstić information content (AvgIpc) is 3.28. The van der Waals surface area contributed by atoms with Gasteiger partial charge in [0.15, 0.2) is 11.5 Å². The zero-order valence-corrected chi connectivity index (χ0v) is 23.2. The Kier molecular flexibility index (Phi) is 6.82. The standard InChI is InChI=1S/C27H27Cl2N7O2/c1-15(24-19(28)11-31-12-20(24)29)38-23-8-17-21(9-22(23)37-5)33-34-25(17)16-6-7-32-26(18(16)10-30)36-13-27(2,14-36)35(3)4/h6-9,11-12,15H,13-14H2,1-5H3,(H,33,34)/t15-/m1/s1. The van der Waals surface area contributed by atoms with Gasteiger partial charge in [-0.3, -0.25) is 10.1 Å². The highest BCUT2D eigenvalue weighted by molar-refractivity contribution is 6.35. The van der Waals surface area contributed by atoms with Crippen LogP contribution in [0, 0.1) is 11.3 Å². The van der Waals surface area contributed by atoms with Gasteiger partial charge in [0.2, 0.25) is 0 Å². The lowest BCUT2D eigenvalue weighted by Crippen LogP contribution is -2.67. The summed E-state index contributed by atoms with van der Waals surface area (Å²) in [4.78, 5) is 12.9. The summed E-state index contributed by atoms with van der Waals surface area (Å²) in [5, 5.41) is 19.4. The average molecular weight is 552 g/mol. The summed E-state index contributed by atoms with van der Waals surface area (Å²) in [6.45, 7) is 5.60. The number of ether oxygens (including phenoxy) is 2. The molecule has 9 nitrogen and oxygen atoms in total. The summed E-state index contributed by atoms with van der Waals surface area (Å²) in [6, 6.07) is 7.84. The summed E-state index contributed by atoms with van der Waals surface area (Å²) in [5.41, 5.74) is 3.18. The van der Waals surface area contributed by atoms with E-state index in [1.54, 1.807) is 13.3 Å². The van der Waals surface area contributed by atoms with Crippen molar-refractivity contribution in [2.75, 3.05) is 39.2 Å². The molecule has 3 aromatic heterocycles. The van der Waals surface area contributed by atoms with Crippen LogP contribution in [-0.4, -0.2) is 64.9 Å². The number of hydrogen-bond donors (Lipinski definition) is 1. The third-order valence-corrected chi connectivity index (χ3v) is 7.79. The highest BCUT2D eigenvalue weighted by Gasteiger charge is 2.42. The molecule has 1 atom stereocenters. The zero-order valence-electron chi connectivity index (χ0n) is 21.7. The molecule has 196 valence electrons. The normalized spacial score (nSPS) is 15.3. The summed E-state index contributed by atoms with van der Waals surface area (Å²) in [7, 11) is 5.70. The van der Waals surface area contributed by atoms with Crippen LogP contribution >= 0.6 is 23.2 Å². The molecular formula is C27H27Cl2N7O2. The number of anilines is 1. The van der Waals surface area contributed by atoms with Gasteiger partial charge in [-0.2, -0.15) is 10.4 Å². The van der Waals surface area contributed by atoms with Crippen molar-refractivity contribution in [2.45, 2.75) is 25.5 Å². The summed E-state index contributed by atoms with van der Waals surface area (Å²) < 4.78 is 11.9. The molecule has 0 unspecified atom stereocenters. The lowest BCUT2D eigenvalue weighted by Gasteiger charge is -2.52. The number of halogens is 2. The predicted octanol–water partition coefficient (Wildman–Crippen LogP) is 5.49. The number of hydrogen-bond acceptors (Lipinski definition) is 8. The minimum Gasteiger partial charge on any atom is -0.493 e. The molecule has 1 fully saturated rings. The van der Waals surface area contributed by atoms with Crippen molar-refractivity contribution >= 4 is 39.9 Å². The lowest BCUT2D eigenvalue weighted by atomic mass is 9.90. The van der Waals surface area contributed by atoms with Crippen LogP contribution in [0.25, 0.3) is 22.2 Å². The summed E-state index contributed by atoms with van der Waals surface area (Å²) >= 11 is 12.7. The highest BCUT2D eigenvalue weighted by atomic mass is 35.5. The largest absolute Gasteiger partial charge is 0.493 e. The van der Waals surface area contributed by atoms with Crippen molar-refractivity contribution < 1.29 is 9.47 Å². The van der Waals surface area contributed by atoms with E-state index in [2.05, 4.69) is 57.1 Å². The van der Waals surface area contributed by atoms with Gasteiger partial charge >= 0.3 is 0 Å². The van der Waals surface area contributed by atoms with Gasteiger partial charge in [0, 0.05) is 54.3 Å². The van der Waals surface area contributed by atoms with Gasteiger partial charge in [-0.05, 0) is 40.1 Å². The molecule has 0 bridgehead atoms. The van der Waals surface area contributed by atoms with E-state index in [-0.39, 0.29) is 5.54 Å². The molecule has 1 aromatic carbocycles. The Labute approximate surface area is 230 Å². The quantitative estimate of drug-likeness (QED) is 0.321. The number of aromatic nitrogens is 4.